The predicted molar refractivity (Wildman–Crippen MR) is 49.8 cm³/mol. The van der Waals surface area contributed by atoms with Gasteiger partial charge in [0.25, 0.3) is 0 Å². The Kier molecular flexibility index (Phi) is 3.35. The third-order valence-corrected chi connectivity index (χ3v) is 2.18. The summed E-state index contributed by atoms with van der Waals surface area (Å²) >= 11 is 2.99. The highest BCUT2D eigenvalue weighted by Crippen LogP contribution is 2.23. The van der Waals surface area contributed by atoms with Crippen molar-refractivity contribution >= 4 is 15.9 Å². The summed E-state index contributed by atoms with van der Waals surface area (Å²) in [6.07, 6.45) is 0. The van der Waals surface area contributed by atoms with Crippen LogP contribution in [0.1, 0.15) is 18.5 Å². The maximum Gasteiger partial charge on any atom is 0.132 e. The Hall–Kier alpha value is -0.520. The molecule has 5 heteroatoms. The van der Waals surface area contributed by atoms with Gasteiger partial charge in [0.2, 0.25) is 0 Å². The number of hydrogen-bond acceptors (Lipinski definition) is 2. The summed E-state index contributed by atoms with van der Waals surface area (Å²) in [5, 5.41) is 0. The smallest absolute Gasteiger partial charge is 0.132 e. The maximum absolute atomic E-state index is 13.2. The number of hydrogen-bond donors (Lipinski definition) is 2. The number of benzene rings is 1. The molecule has 13 heavy (non-hydrogen) atoms. The molecule has 0 saturated carbocycles. The van der Waals surface area contributed by atoms with Crippen LogP contribution in [0.5, 0.6) is 0 Å². The SMILES string of the molecule is CC(NN)c1c(F)cc(Br)cc1F. The zero-order valence-electron chi connectivity index (χ0n) is 6.94. The largest absolute Gasteiger partial charge is 0.271 e. The van der Waals surface area contributed by atoms with E-state index in [9.17, 15) is 8.78 Å². The number of nitrogens with two attached hydrogens (primary N) is 1. The molecule has 0 bridgehead atoms. The summed E-state index contributed by atoms with van der Waals surface area (Å²) in [6.45, 7) is 1.58. The minimum atomic E-state index is -0.614. The average molecular weight is 251 g/mol. The lowest BCUT2D eigenvalue weighted by molar-refractivity contribution is 0.495. The first-order chi connectivity index (χ1) is 6.06. The van der Waals surface area contributed by atoms with Crippen molar-refractivity contribution in [1.82, 2.24) is 5.43 Å². The summed E-state index contributed by atoms with van der Waals surface area (Å²) < 4.78 is 26.7. The molecule has 1 unspecified atom stereocenters. The van der Waals surface area contributed by atoms with Crippen LogP contribution >= 0.6 is 15.9 Å². The van der Waals surface area contributed by atoms with Crippen molar-refractivity contribution in [3.05, 3.63) is 33.8 Å². The molecule has 0 spiro atoms. The highest BCUT2D eigenvalue weighted by Gasteiger charge is 2.15. The minimum Gasteiger partial charge on any atom is -0.271 e. The van der Waals surface area contributed by atoms with Gasteiger partial charge in [0.1, 0.15) is 11.6 Å². The van der Waals surface area contributed by atoms with Gasteiger partial charge in [-0.05, 0) is 19.1 Å². The normalized spacial score (nSPS) is 13.0. The quantitative estimate of drug-likeness (QED) is 0.625. The van der Waals surface area contributed by atoms with Gasteiger partial charge in [-0.3, -0.25) is 11.3 Å². The van der Waals surface area contributed by atoms with E-state index in [0.717, 1.165) is 0 Å². The Balaban J connectivity index is 3.20. The number of halogens is 3. The monoisotopic (exact) mass is 250 g/mol. The third-order valence-electron chi connectivity index (χ3n) is 1.73. The molecule has 0 aromatic heterocycles. The summed E-state index contributed by atoms with van der Waals surface area (Å²) in [7, 11) is 0. The maximum atomic E-state index is 13.2. The molecule has 0 aliphatic heterocycles. The van der Waals surface area contributed by atoms with Crippen molar-refractivity contribution in [2.45, 2.75) is 13.0 Å². The molecule has 3 N–H and O–H groups in total. The van der Waals surface area contributed by atoms with E-state index in [2.05, 4.69) is 21.4 Å². The molecular weight excluding hydrogens is 242 g/mol. The highest BCUT2D eigenvalue weighted by atomic mass is 79.9. The summed E-state index contributed by atoms with van der Waals surface area (Å²) in [5.41, 5.74) is 2.24. The van der Waals surface area contributed by atoms with Crippen LogP contribution in [-0.4, -0.2) is 0 Å². The van der Waals surface area contributed by atoms with Crippen molar-refractivity contribution in [2.24, 2.45) is 5.84 Å². The Bertz CT molecular complexity index is 294. The van der Waals surface area contributed by atoms with Crippen LogP contribution < -0.4 is 11.3 Å². The van der Waals surface area contributed by atoms with Crippen molar-refractivity contribution < 1.29 is 8.78 Å². The first kappa shape index (κ1) is 10.6. The molecule has 1 aromatic rings. The fourth-order valence-corrected chi connectivity index (χ4v) is 1.45. The van der Waals surface area contributed by atoms with Gasteiger partial charge in [0.15, 0.2) is 0 Å². The standard InChI is InChI=1S/C8H9BrF2N2/c1-4(13-12)8-6(10)2-5(9)3-7(8)11/h2-4,13H,12H2,1H3. The Morgan fingerprint density at radius 3 is 2.23 bits per heavy atom. The molecular formula is C8H9BrF2N2. The molecule has 0 fully saturated rings. The van der Waals surface area contributed by atoms with Gasteiger partial charge in [-0.2, -0.15) is 0 Å². The molecule has 2 nitrogen and oxygen atoms in total. The van der Waals surface area contributed by atoms with Crippen molar-refractivity contribution in [3.63, 3.8) is 0 Å². The van der Waals surface area contributed by atoms with Crippen LogP contribution in [0.3, 0.4) is 0 Å². The summed E-state index contributed by atoms with van der Waals surface area (Å²) in [5.74, 6) is 3.86. The van der Waals surface area contributed by atoms with Gasteiger partial charge in [-0.25, -0.2) is 8.78 Å². The van der Waals surface area contributed by atoms with Gasteiger partial charge < -0.3 is 0 Å². The van der Waals surface area contributed by atoms with E-state index >= 15 is 0 Å². The van der Waals surface area contributed by atoms with E-state index in [1.807, 2.05) is 0 Å². The van der Waals surface area contributed by atoms with Gasteiger partial charge in [0, 0.05) is 16.1 Å². The highest BCUT2D eigenvalue weighted by molar-refractivity contribution is 9.10. The molecule has 1 rings (SSSR count). The van der Waals surface area contributed by atoms with Crippen molar-refractivity contribution in [2.75, 3.05) is 0 Å². The Morgan fingerprint density at radius 2 is 1.85 bits per heavy atom. The van der Waals surface area contributed by atoms with Crippen LogP contribution in [0.15, 0.2) is 16.6 Å². The van der Waals surface area contributed by atoms with Crippen molar-refractivity contribution in [1.29, 1.82) is 0 Å². The van der Waals surface area contributed by atoms with Gasteiger partial charge in [0.05, 0.1) is 0 Å². The lowest BCUT2D eigenvalue weighted by Crippen LogP contribution is -2.27. The second-order valence-electron chi connectivity index (χ2n) is 2.67. The Morgan fingerprint density at radius 1 is 1.38 bits per heavy atom. The number of nitrogens with one attached hydrogen (secondary N) is 1. The predicted octanol–water partition coefficient (Wildman–Crippen LogP) is 2.25. The third kappa shape index (κ3) is 2.24. The van der Waals surface area contributed by atoms with E-state index in [4.69, 9.17) is 5.84 Å². The molecule has 1 aromatic carbocycles. The second kappa shape index (κ2) is 4.13. The lowest BCUT2D eigenvalue weighted by Gasteiger charge is -2.12. The lowest BCUT2D eigenvalue weighted by atomic mass is 10.1. The Labute approximate surface area is 83.2 Å². The molecule has 1 atom stereocenters. The first-order valence-electron chi connectivity index (χ1n) is 3.67. The molecule has 0 saturated heterocycles. The van der Waals surface area contributed by atoms with Crippen molar-refractivity contribution in [3.8, 4) is 0 Å². The fourth-order valence-electron chi connectivity index (χ4n) is 1.05. The number of rotatable bonds is 2. The van der Waals surface area contributed by atoms with E-state index in [1.165, 1.54) is 12.1 Å². The van der Waals surface area contributed by atoms with Gasteiger partial charge >= 0.3 is 0 Å². The average Bonchev–Trinajstić information content (AvgIpc) is 2.02. The zero-order chi connectivity index (χ0) is 10.0. The van der Waals surface area contributed by atoms with Gasteiger partial charge in [-0.1, -0.05) is 15.9 Å². The minimum absolute atomic E-state index is 0.0503. The number of hydrazine groups is 1. The topological polar surface area (TPSA) is 38.0 Å². The molecule has 0 aliphatic rings. The second-order valence-corrected chi connectivity index (χ2v) is 3.59. The van der Waals surface area contributed by atoms with E-state index in [0.29, 0.717) is 4.47 Å². The first-order valence-corrected chi connectivity index (χ1v) is 4.46. The molecule has 0 aliphatic carbocycles. The summed E-state index contributed by atoms with van der Waals surface area (Å²) in [6, 6.07) is 1.85. The molecule has 0 amide bonds. The van der Waals surface area contributed by atoms with Gasteiger partial charge in [-0.15, -0.1) is 0 Å². The van der Waals surface area contributed by atoms with Crippen LogP contribution in [0.4, 0.5) is 8.78 Å². The van der Waals surface area contributed by atoms with E-state index in [1.54, 1.807) is 6.92 Å². The molecule has 0 radical (unpaired) electrons. The van der Waals surface area contributed by atoms with E-state index < -0.39 is 17.7 Å². The fraction of sp³-hybridized carbons (Fsp3) is 0.250. The van der Waals surface area contributed by atoms with Crippen LogP contribution in [0.25, 0.3) is 0 Å². The van der Waals surface area contributed by atoms with E-state index in [-0.39, 0.29) is 5.56 Å². The van der Waals surface area contributed by atoms with Crippen LogP contribution in [0, 0.1) is 11.6 Å². The van der Waals surface area contributed by atoms with Crippen LogP contribution in [-0.2, 0) is 0 Å². The van der Waals surface area contributed by atoms with Crippen LogP contribution in [0.2, 0.25) is 0 Å². The zero-order valence-corrected chi connectivity index (χ0v) is 8.53. The summed E-state index contributed by atoms with van der Waals surface area (Å²) in [4.78, 5) is 0. The molecule has 72 valence electrons. The molecule has 0 heterocycles.